The first-order valence-electron chi connectivity index (χ1n) is 7.63. The van der Waals surface area contributed by atoms with E-state index >= 15 is 0 Å². The van der Waals surface area contributed by atoms with E-state index in [1.54, 1.807) is 31.2 Å². The second-order valence-corrected chi connectivity index (χ2v) is 7.10. The number of nitrogens with two attached hydrogens (primary N) is 1. The number of hydrogen-bond acceptors (Lipinski definition) is 3. The van der Waals surface area contributed by atoms with Crippen LogP contribution in [0.1, 0.15) is 18.1 Å². The minimum Gasteiger partial charge on any atom is -0.370 e. The van der Waals surface area contributed by atoms with Crippen LogP contribution < -0.4 is 15.8 Å². The summed E-state index contributed by atoms with van der Waals surface area (Å²) in [5, 5.41) is 3.01. The number of rotatable bonds is 6. The lowest BCUT2D eigenvalue weighted by molar-refractivity contribution is 0.584. The number of nitrogens with one attached hydrogen (secondary N) is 2. The van der Waals surface area contributed by atoms with Crippen molar-refractivity contribution < 1.29 is 8.42 Å². The minimum absolute atomic E-state index is 0.239. The molecule has 2 aromatic carbocycles. The number of hydrogen-bond donors (Lipinski definition) is 3. The van der Waals surface area contributed by atoms with Crippen LogP contribution in [-0.2, 0) is 16.6 Å². The maximum Gasteiger partial charge on any atom is 0.240 e. The Balaban J connectivity index is 1.99. The van der Waals surface area contributed by atoms with E-state index in [1.165, 1.54) is 5.56 Å². The summed E-state index contributed by atoms with van der Waals surface area (Å²) in [4.78, 5) is 4.50. The van der Waals surface area contributed by atoms with Gasteiger partial charge < -0.3 is 11.1 Å². The van der Waals surface area contributed by atoms with E-state index in [2.05, 4.69) is 15.0 Å². The van der Waals surface area contributed by atoms with Crippen LogP contribution >= 0.6 is 0 Å². The van der Waals surface area contributed by atoms with Crippen molar-refractivity contribution in [2.24, 2.45) is 10.7 Å². The first-order chi connectivity index (χ1) is 11.4. The van der Waals surface area contributed by atoms with Crippen molar-refractivity contribution >= 4 is 21.7 Å². The van der Waals surface area contributed by atoms with E-state index in [4.69, 9.17) is 5.73 Å². The fourth-order valence-electron chi connectivity index (χ4n) is 2.05. The molecule has 0 bridgehead atoms. The lowest BCUT2D eigenvalue weighted by Crippen LogP contribution is -2.23. The average Bonchev–Trinajstić information content (AvgIpc) is 2.55. The smallest absolute Gasteiger partial charge is 0.240 e. The maximum absolute atomic E-state index is 11.9. The molecule has 0 spiro atoms. The molecule has 7 heteroatoms. The number of aryl methyl sites for hydroxylation is 1. The second kappa shape index (κ2) is 7.94. The fourth-order valence-corrected chi connectivity index (χ4v) is 3.09. The quantitative estimate of drug-likeness (QED) is 0.552. The van der Waals surface area contributed by atoms with Gasteiger partial charge in [-0.15, -0.1) is 0 Å². The molecule has 0 aliphatic rings. The van der Waals surface area contributed by atoms with Crippen molar-refractivity contribution in [2.75, 3.05) is 11.9 Å². The van der Waals surface area contributed by atoms with Gasteiger partial charge in [-0.3, -0.25) is 0 Å². The summed E-state index contributed by atoms with van der Waals surface area (Å²) >= 11 is 0. The monoisotopic (exact) mass is 346 g/mol. The molecule has 0 saturated carbocycles. The lowest BCUT2D eigenvalue weighted by Gasteiger charge is -2.07. The molecule has 6 nitrogen and oxygen atoms in total. The van der Waals surface area contributed by atoms with Gasteiger partial charge in [-0.1, -0.05) is 36.8 Å². The van der Waals surface area contributed by atoms with E-state index in [1.807, 2.05) is 31.2 Å². The highest BCUT2D eigenvalue weighted by Crippen LogP contribution is 2.12. The summed E-state index contributed by atoms with van der Waals surface area (Å²) in [6.45, 7) is 4.48. The number of aliphatic imine (C=N–C) groups is 1. The molecule has 0 fully saturated rings. The SMILES string of the molecule is CCNS(=O)(=O)c1ccc(CN=C(N)Nc2ccc(C)cc2)cc1. The van der Waals surface area contributed by atoms with E-state index in [9.17, 15) is 8.42 Å². The summed E-state index contributed by atoms with van der Waals surface area (Å²) in [6, 6.07) is 14.4. The molecule has 0 aliphatic carbocycles. The van der Waals surface area contributed by atoms with Gasteiger partial charge in [0.1, 0.15) is 0 Å². The largest absolute Gasteiger partial charge is 0.370 e. The highest BCUT2D eigenvalue weighted by molar-refractivity contribution is 7.89. The molecule has 0 radical (unpaired) electrons. The van der Waals surface area contributed by atoms with Crippen LogP contribution in [0.3, 0.4) is 0 Å². The molecule has 0 aliphatic heterocycles. The number of anilines is 1. The number of nitrogens with zero attached hydrogens (tertiary/aromatic N) is 1. The molecule has 128 valence electrons. The highest BCUT2D eigenvalue weighted by atomic mass is 32.2. The molecule has 0 atom stereocenters. The van der Waals surface area contributed by atoms with E-state index in [-0.39, 0.29) is 4.90 Å². The number of guanidine groups is 1. The van der Waals surface area contributed by atoms with Gasteiger partial charge >= 0.3 is 0 Å². The van der Waals surface area contributed by atoms with Crippen LogP contribution in [0, 0.1) is 6.92 Å². The molecule has 0 heterocycles. The van der Waals surface area contributed by atoms with Gasteiger partial charge in [-0.2, -0.15) is 0 Å². The van der Waals surface area contributed by atoms with Crippen molar-refractivity contribution in [3.63, 3.8) is 0 Å². The Morgan fingerprint density at radius 2 is 1.71 bits per heavy atom. The van der Waals surface area contributed by atoms with Crippen LogP contribution in [0.15, 0.2) is 58.4 Å². The topological polar surface area (TPSA) is 96.6 Å². The Bertz CT molecular complexity index is 797. The second-order valence-electron chi connectivity index (χ2n) is 5.34. The van der Waals surface area contributed by atoms with Gasteiger partial charge in [0.2, 0.25) is 10.0 Å². The first kappa shape index (κ1) is 18.0. The van der Waals surface area contributed by atoms with Gasteiger partial charge in [0, 0.05) is 12.2 Å². The zero-order valence-electron chi connectivity index (χ0n) is 13.8. The average molecular weight is 346 g/mol. The molecular weight excluding hydrogens is 324 g/mol. The summed E-state index contributed by atoms with van der Waals surface area (Å²) in [5.74, 6) is 0.309. The standard InChI is InChI=1S/C17H22N4O2S/c1-3-20-24(22,23)16-10-6-14(7-11-16)12-19-17(18)21-15-8-4-13(2)5-9-15/h4-11,20H,3,12H2,1-2H3,(H3,18,19,21). The Hall–Kier alpha value is -2.38. The van der Waals surface area contributed by atoms with Crippen LogP contribution in [0.25, 0.3) is 0 Å². The molecule has 0 amide bonds. The normalized spacial score (nSPS) is 12.2. The summed E-state index contributed by atoms with van der Waals surface area (Å²) < 4.78 is 26.2. The summed E-state index contributed by atoms with van der Waals surface area (Å²) in [7, 11) is -3.43. The Kier molecular flexibility index (Phi) is 5.94. The molecule has 2 rings (SSSR count). The van der Waals surface area contributed by atoms with E-state index in [0.29, 0.717) is 19.0 Å². The van der Waals surface area contributed by atoms with Gasteiger partial charge in [0.15, 0.2) is 5.96 Å². The Morgan fingerprint density at radius 3 is 2.29 bits per heavy atom. The van der Waals surface area contributed by atoms with Crippen LogP contribution in [0.4, 0.5) is 5.69 Å². The lowest BCUT2D eigenvalue weighted by atomic mass is 10.2. The van der Waals surface area contributed by atoms with Crippen LogP contribution in [-0.4, -0.2) is 20.9 Å². The highest BCUT2D eigenvalue weighted by Gasteiger charge is 2.11. The zero-order chi connectivity index (χ0) is 17.6. The molecule has 0 aromatic heterocycles. The predicted molar refractivity (Wildman–Crippen MR) is 97.4 cm³/mol. The zero-order valence-corrected chi connectivity index (χ0v) is 14.6. The van der Waals surface area contributed by atoms with E-state index < -0.39 is 10.0 Å². The number of sulfonamides is 1. The van der Waals surface area contributed by atoms with Gasteiger partial charge in [-0.25, -0.2) is 18.1 Å². The van der Waals surface area contributed by atoms with Crippen LogP contribution in [0.5, 0.6) is 0 Å². The van der Waals surface area contributed by atoms with Gasteiger partial charge in [-0.05, 0) is 36.8 Å². The number of benzene rings is 2. The molecule has 4 N–H and O–H groups in total. The van der Waals surface area contributed by atoms with Crippen molar-refractivity contribution in [3.05, 3.63) is 59.7 Å². The third-order valence-electron chi connectivity index (χ3n) is 3.32. The Morgan fingerprint density at radius 1 is 1.08 bits per heavy atom. The molecular formula is C17H22N4O2S. The van der Waals surface area contributed by atoms with Crippen molar-refractivity contribution in [1.29, 1.82) is 0 Å². The Labute approximate surface area is 142 Å². The molecule has 0 unspecified atom stereocenters. The molecule has 24 heavy (non-hydrogen) atoms. The minimum atomic E-state index is -3.43. The summed E-state index contributed by atoms with van der Waals surface area (Å²) in [5.41, 5.74) is 8.78. The maximum atomic E-state index is 11.9. The van der Waals surface area contributed by atoms with Crippen molar-refractivity contribution in [2.45, 2.75) is 25.3 Å². The van der Waals surface area contributed by atoms with Gasteiger partial charge in [0.05, 0.1) is 11.4 Å². The van der Waals surface area contributed by atoms with Crippen molar-refractivity contribution in [1.82, 2.24) is 4.72 Å². The first-order valence-corrected chi connectivity index (χ1v) is 9.11. The predicted octanol–water partition coefficient (Wildman–Crippen LogP) is 2.22. The molecule has 2 aromatic rings. The van der Waals surface area contributed by atoms with Crippen molar-refractivity contribution in [3.8, 4) is 0 Å². The van der Waals surface area contributed by atoms with E-state index in [0.717, 1.165) is 11.3 Å². The fraction of sp³-hybridized carbons (Fsp3) is 0.235. The third-order valence-corrected chi connectivity index (χ3v) is 4.89. The van der Waals surface area contributed by atoms with Crippen LogP contribution in [0.2, 0.25) is 0 Å². The third kappa shape index (κ3) is 5.07. The van der Waals surface area contributed by atoms with Gasteiger partial charge in [0.25, 0.3) is 0 Å². The summed E-state index contributed by atoms with van der Waals surface area (Å²) in [6.07, 6.45) is 0. The molecule has 0 saturated heterocycles.